The fourth-order valence-corrected chi connectivity index (χ4v) is 4.14. The molecule has 0 fully saturated rings. The molecule has 6 heteroatoms. The van der Waals surface area contributed by atoms with Crippen LogP contribution in [0.25, 0.3) is 17.2 Å². The maximum absolute atomic E-state index is 12.2. The monoisotopic (exact) mass is 447 g/mol. The van der Waals surface area contributed by atoms with E-state index in [4.69, 9.17) is 21.4 Å². The molecule has 0 spiro atoms. The van der Waals surface area contributed by atoms with Crippen LogP contribution in [-0.2, 0) is 4.74 Å². The number of carbonyl (C=O) groups excluding carboxylic acids is 1. The number of carboxylic acid groups (broad SMARTS) is 1. The summed E-state index contributed by atoms with van der Waals surface area (Å²) in [7, 11) is 0. The first-order chi connectivity index (χ1) is 15.5. The first kappa shape index (κ1) is 21.7. The standard InChI is InChI=1S/C26H22ClNO4/c27-24-13-12-17(15-22(24)25(29)30)7-5-6-14-28-26(31)32-16-23-20-10-3-1-8-18(20)19-9-2-4-11-21(19)23/h1-5,7-13,15,23H,6,14,16H2,(H,28,31)(H,29,30). The second-order valence-electron chi connectivity index (χ2n) is 7.49. The minimum Gasteiger partial charge on any atom is -0.478 e. The topological polar surface area (TPSA) is 75.6 Å². The molecular weight excluding hydrogens is 426 g/mol. The van der Waals surface area contributed by atoms with E-state index in [-0.39, 0.29) is 23.1 Å². The highest BCUT2D eigenvalue weighted by Gasteiger charge is 2.28. The lowest BCUT2D eigenvalue weighted by Crippen LogP contribution is -2.26. The first-order valence-corrected chi connectivity index (χ1v) is 10.7. The van der Waals surface area contributed by atoms with E-state index in [0.29, 0.717) is 13.0 Å². The summed E-state index contributed by atoms with van der Waals surface area (Å²) in [4.78, 5) is 23.3. The molecule has 1 aliphatic rings. The summed E-state index contributed by atoms with van der Waals surface area (Å²) in [5.41, 5.74) is 5.52. The van der Waals surface area contributed by atoms with Gasteiger partial charge in [0, 0.05) is 12.5 Å². The van der Waals surface area contributed by atoms with Crippen LogP contribution >= 0.6 is 11.6 Å². The molecule has 3 aromatic carbocycles. The van der Waals surface area contributed by atoms with Crippen LogP contribution in [-0.4, -0.2) is 30.3 Å². The number of fused-ring (bicyclic) bond motifs is 3. The summed E-state index contributed by atoms with van der Waals surface area (Å²) in [6.07, 6.45) is 3.77. The number of benzene rings is 3. The number of carboxylic acids is 1. The number of ether oxygens (including phenoxy) is 1. The lowest BCUT2D eigenvalue weighted by Gasteiger charge is -2.14. The Hall–Kier alpha value is -3.57. The van der Waals surface area contributed by atoms with Gasteiger partial charge in [0.15, 0.2) is 0 Å². The lowest BCUT2D eigenvalue weighted by atomic mass is 9.98. The van der Waals surface area contributed by atoms with Crippen LogP contribution in [0.1, 0.15) is 39.4 Å². The van der Waals surface area contributed by atoms with Gasteiger partial charge in [-0.25, -0.2) is 9.59 Å². The highest BCUT2D eigenvalue weighted by Crippen LogP contribution is 2.44. The fourth-order valence-electron chi connectivity index (χ4n) is 3.94. The predicted octanol–water partition coefficient (Wildman–Crippen LogP) is 5.98. The van der Waals surface area contributed by atoms with Crippen molar-refractivity contribution in [3.63, 3.8) is 0 Å². The van der Waals surface area contributed by atoms with E-state index in [2.05, 4.69) is 29.6 Å². The van der Waals surface area contributed by atoms with Gasteiger partial charge in [-0.3, -0.25) is 0 Å². The Morgan fingerprint density at radius 3 is 2.31 bits per heavy atom. The Kier molecular flexibility index (Phi) is 6.57. The molecule has 0 atom stereocenters. The molecule has 0 unspecified atom stereocenters. The molecule has 0 radical (unpaired) electrons. The van der Waals surface area contributed by atoms with E-state index in [9.17, 15) is 9.59 Å². The van der Waals surface area contributed by atoms with Gasteiger partial charge in [0.1, 0.15) is 6.61 Å². The third kappa shape index (κ3) is 4.68. The summed E-state index contributed by atoms with van der Waals surface area (Å²) in [6, 6.07) is 21.2. The number of aromatic carboxylic acids is 1. The van der Waals surface area contributed by atoms with E-state index in [1.807, 2.05) is 30.3 Å². The zero-order chi connectivity index (χ0) is 22.5. The van der Waals surface area contributed by atoms with E-state index in [0.717, 1.165) is 5.56 Å². The highest BCUT2D eigenvalue weighted by molar-refractivity contribution is 6.33. The number of nitrogens with one attached hydrogen (secondary N) is 1. The molecule has 1 aliphatic carbocycles. The van der Waals surface area contributed by atoms with Gasteiger partial charge < -0.3 is 15.2 Å². The van der Waals surface area contributed by atoms with Crippen LogP contribution in [0.5, 0.6) is 0 Å². The summed E-state index contributed by atoms with van der Waals surface area (Å²) in [5.74, 6) is -1.04. The van der Waals surface area contributed by atoms with Gasteiger partial charge in [-0.15, -0.1) is 0 Å². The Morgan fingerprint density at radius 1 is 1.00 bits per heavy atom. The largest absolute Gasteiger partial charge is 0.478 e. The molecule has 0 heterocycles. The Labute approximate surface area is 191 Å². The molecule has 0 saturated heterocycles. The predicted molar refractivity (Wildman–Crippen MR) is 125 cm³/mol. The normalized spacial score (nSPS) is 12.4. The molecule has 0 bridgehead atoms. The molecule has 0 aliphatic heterocycles. The minimum atomic E-state index is -1.07. The van der Waals surface area contributed by atoms with Crippen LogP contribution in [0, 0.1) is 0 Å². The number of hydrogen-bond donors (Lipinski definition) is 2. The SMILES string of the molecule is O=C(NCCC=Cc1ccc(Cl)c(C(=O)O)c1)OCC1c2ccccc2-c2ccccc21. The Morgan fingerprint density at radius 2 is 1.66 bits per heavy atom. The quantitative estimate of drug-likeness (QED) is 0.437. The second-order valence-corrected chi connectivity index (χ2v) is 7.90. The average Bonchev–Trinajstić information content (AvgIpc) is 3.12. The van der Waals surface area contributed by atoms with E-state index in [1.54, 1.807) is 18.2 Å². The summed E-state index contributed by atoms with van der Waals surface area (Å²) < 4.78 is 5.51. The second kappa shape index (κ2) is 9.71. The molecule has 4 rings (SSSR count). The van der Waals surface area contributed by atoms with Crippen molar-refractivity contribution in [2.75, 3.05) is 13.2 Å². The third-order valence-electron chi connectivity index (χ3n) is 5.46. The number of halogens is 1. The summed E-state index contributed by atoms with van der Waals surface area (Å²) in [6.45, 7) is 0.686. The van der Waals surface area contributed by atoms with Crippen LogP contribution < -0.4 is 5.32 Å². The number of amides is 1. The Bertz CT molecular complexity index is 1140. The molecule has 0 aromatic heterocycles. The van der Waals surface area contributed by atoms with Gasteiger partial charge in [0.05, 0.1) is 10.6 Å². The van der Waals surface area contributed by atoms with Gasteiger partial charge in [-0.05, 0) is 46.4 Å². The van der Waals surface area contributed by atoms with E-state index < -0.39 is 12.1 Å². The molecule has 2 N–H and O–H groups in total. The van der Waals surface area contributed by atoms with Gasteiger partial charge in [-0.2, -0.15) is 0 Å². The van der Waals surface area contributed by atoms with Crippen molar-refractivity contribution in [2.45, 2.75) is 12.3 Å². The molecule has 1 amide bonds. The first-order valence-electron chi connectivity index (χ1n) is 10.3. The summed E-state index contributed by atoms with van der Waals surface area (Å²) in [5, 5.41) is 12.1. The van der Waals surface area contributed by atoms with E-state index in [1.165, 1.54) is 28.3 Å². The number of carbonyl (C=O) groups is 2. The van der Waals surface area contributed by atoms with Crippen LogP contribution in [0.3, 0.4) is 0 Å². The van der Waals surface area contributed by atoms with Crippen LogP contribution in [0.4, 0.5) is 4.79 Å². The molecule has 3 aromatic rings. The number of hydrogen-bond acceptors (Lipinski definition) is 3. The zero-order valence-electron chi connectivity index (χ0n) is 17.3. The Balaban J connectivity index is 1.27. The summed E-state index contributed by atoms with van der Waals surface area (Å²) >= 11 is 5.88. The van der Waals surface area contributed by atoms with E-state index >= 15 is 0 Å². The molecular formula is C26H22ClNO4. The zero-order valence-corrected chi connectivity index (χ0v) is 18.0. The van der Waals surface area contributed by atoms with Gasteiger partial charge in [0.25, 0.3) is 0 Å². The highest BCUT2D eigenvalue weighted by atomic mass is 35.5. The van der Waals surface area contributed by atoms with Crippen molar-refractivity contribution in [3.8, 4) is 11.1 Å². The number of rotatable bonds is 7. The van der Waals surface area contributed by atoms with Crippen molar-refractivity contribution in [1.82, 2.24) is 5.32 Å². The van der Waals surface area contributed by atoms with Gasteiger partial charge in [-0.1, -0.05) is 78.4 Å². The minimum absolute atomic E-state index is 0.0291. The van der Waals surface area contributed by atoms with Crippen molar-refractivity contribution in [1.29, 1.82) is 0 Å². The van der Waals surface area contributed by atoms with Crippen molar-refractivity contribution in [3.05, 3.63) is 100 Å². The maximum atomic E-state index is 12.2. The fraction of sp³-hybridized carbons (Fsp3) is 0.154. The molecule has 0 saturated carbocycles. The number of alkyl carbamates (subject to hydrolysis) is 1. The molecule has 162 valence electrons. The van der Waals surface area contributed by atoms with Crippen molar-refractivity contribution >= 4 is 29.7 Å². The van der Waals surface area contributed by atoms with Crippen molar-refractivity contribution in [2.24, 2.45) is 0 Å². The van der Waals surface area contributed by atoms with Crippen LogP contribution in [0.2, 0.25) is 5.02 Å². The molecule has 32 heavy (non-hydrogen) atoms. The third-order valence-corrected chi connectivity index (χ3v) is 5.78. The maximum Gasteiger partial charge on any atom is 0.407 e. The average molecular weight is 448 g/mol. The lowest BCUT2D eigenvalue weighted by molar-refractivity contribution is 0.0697. The van der Waals surface area contributed by atoms with Crippen LogP contribution in [0.15, 0.2) is 72.8 Å². The molecule has 5 nitrogen and oxygen atoms in total. The van der Waals surface area contributed by atoms with Gasteiger partial charge in [0.2, 0.25) is 0 Å². The van der Waals surface area contributed by atoms with Gasteiger partial charge >= 0.3 is 12.1 Å². The van der Waals surface area contributed by atoms with Crippen molar-refractivity contribution < 1.29 is 19.4 Å². The smallest absolute Gasteiger partial charge is 0.407 e.